The Morgan fingerprint density at radius 3 is 2.55 bits per heavy atom. The van der Waals surface area contributed by atoms with Crippen molar-refractivity contribution >= 4 is 39.9 Å². The van der Waals surface area contributed by atoms with Gasteiger partial charge in [-0.05, 0) is 23.6 Å². The van der Waals surface area contributed by atoms with Crippen molar-refractivity contribution in [1.29, 1.82) is 0 Å². The molecule has 1 aromatic heterocycles. The number of benzene rings is 2. The zero-order valence-electron chi connectivity index (χ0n) is 16.4. The molecule has 2 aromatic carbocycles. The molecule has 152 valence electrons. The predicted molar refractivity (Wildman–Crippen MR) is 118 cm³/mol. The van der Waals surface area contributed by atoms with Crippen molar-refractivity contribution in [2.24, 2.45) is 0 Å². The molecule has 1 heterocycles. The van der Waals surface area contributed by atoms with Gasteiger partial charge in [0.25, 0.3) is 0 Å². The lowest BCUT2D eigenvalue weighted by Crippen LogP contribution is -2.30. The Kier molecular flexibility index (Phi) is 7.87. The van der Waals surface area contributed by atoms with Gasteiger partial charge in [0.1, 0.15) is 5.15 Å². The molecule has 0 amide bonds. The Morgan fingerprint density at radius 2 is 1.79 bits per heavy atom. The molecule has 6 heteroatoms. The van der Waals surface area contributed by atoms with Crippen molar-refractivity contribution in [3.05, 3.63) is 76.0 Å². The average Bonchev–Trinajstić information content (AvgIpc) is 2.72. The van der Waals surface area contributed by atoms with E-state index in [9.17, 15) is 4.79 Å². The van der Waals surface area contributed by atoms with Crippen molar-refractivity contribution in [3.63, 3.8) is 0 Å². The van der Waals surface area contributed by atoms with Gasteiger partial charge in [-0.15, -0.1) is 0 Å². The molecular weight excluding hydrogens is 407 g/mol. The SMILES string of the molecule is CCCCOC(=O)CN(Cc1ccccc1)Cc1ccc2c(Cl)cnc(Cl)c2c1. The van der Waals surface area contributed by atoms with E-state index < -0.39 is 0 Å². The summed E-state index contributed by atoms with van der Waals surface area (Å²) < 4.78 is 5.36. The summed E-state index contributed by atoms with van der Waals surface area (Å²) >= 11 is 12.5. The van der Waals surface area contributed by atoms with Crippen LogP contribution in [-0.4, -0.2) is 29.0 Å². The van der Waals surface area contributed by atoms with Crippen molar-refractivity contribution in [3.8, 4) is 0 Å². The lowest BCUT2D eigenvalue weighted by molar-refractivity contribution is -0.145. The van der Waals surface area contributed by atoms with Crippen molar-refractivity contribution < 1.29 is 9.53 Å². The smallest absolute Gasteiger partial charge is 0.320 e. The maximum Gasteiger partial charge on any atom is 0.320 e. The van der Waals surface area contributed by atoms with Crippen molar-refractivity contribution in [1.82, 2.24) is 9.88 Å². The normalized spacial score (nSPS) is 11.2. The Morgan fingerprint density at radius 1 is 1.03 bits per heavy atom. The summed E-state index contributed by atoms with van der Waals surface area (Å²) in [5.74, 6) is -0.210. The minimum absolute atomic E-state index is 0.210. The van der Waals surface area contributed by atoms with Gasteiger partial charge in [0.2, 0.25) is 0 Å². The number of nitrogens with zero attached hydrogens (tertiary/aromatic N) is 2. The van der Waals surface area contributed by atoms with Gasteiger partial charge in [0.15, 0.2) is 0 Å². The molecule has 3 rings (SSSR count). The number of hydrogen-bond acceptors (Lipinski definition) is 4. The molecule has 0 aliphatic rings. The third-order valence-electron chi connectivity index (χ3n) is 4.62. The molecule has 4 nitrogen and oxygen atoms in total. The van der Waals surface area contributed by atoms with Crippen LogP contribution in [0.3, 0.4) is 0 Å². The van der Waals surface area contributed by atoms with E-state index in [2.05, 4.69) is 28.9 Å². The number of carbonyl (C=O) groups is 1. The lowest BCUT2D eigenvalue weighted by Gasteiger charge is -2.22. The van der Waals surface area contributed by atoms with Gasteiger partial charge < -0.3 is 4.74 Å². The number of ether oxygens (including phenoxy) is 1. The van der Waals surface area contributed by atoms with Gasteiger partial charge in [-0.2, -0.15) is 0 Å². The summed E-state index contributed by atoms with van der Waals surface area (Å²) in [6.45, 7) is 3.98. The van der Waals surface area contributed by atoms with E-state index in [-0.39, 0.29) is 12.5 Å². The first-order valence-corrected chi connectivity index (χ1v) is 10.5. The highest BCUT2D eigenvalue weighted by Crippen LogP contribution is 2.29. The van der Waals surface area contributed by atoms with Crippen LogP contribution in [0.4, 0.5) is 0 Å². The number of unbranched alkanes of at least 4 members (excludes halogenated alkanes) is 1. The zero-order valence-corrected chi connectivity index (χ0v) is 17.9. The van der Waals surface area contributed by atoms with Crippen molar-refractivity contribution in [2.45, 2.75) is 32.9 Å². The number of rotatable bonds is 9. The molecule has 0 aliphatic carbocycles. The first kappa shape index (κ1) is 21.6. The van der Waals surface area contributed by atoms with Crippen LogP contribution >= 0.6 is 23.2 Å². The first-order chi connectivity index (χ1) is 14.1. The van der Waals surface area contributed by atoms with Crippen molar-refractivity contribution in [2.75, 3.05) is 13.2 Å². The summed E-state index contributed by atoms with van der Waals surface area (Å²) in [5.41, 5.74) is 2.16. The summed E-state index contributed by atoms with van der Waals surface area (Å²) in [6, 6.07) is 16.0. The first-order valence-electron chi connectivity index (χ1n) is 9.71. The number of esters is 1. The zero-order chi connectivity index (χ0) is 20.6. The number of halogens is 2. The fourth-order valence-corrected chi connectivity index (χ4v) is 3.57. The number of pyridine rings is 1. The van der Waals surface area contributed by atoms with E-state index in [0.29, 0.717) is 29.9 Å². The van der Waals surface area contributed by atoms with Gasteiger partial charge in [0, 0.05) is 30.1 Å². The van der Waals surface area contributed by atoms with Crippen LogP contribution in [0.5, 0.6) is 0 Å². The highest BCUT2D eigenvalue weighted by Gasteiger charge is 2.14. The average molecular weight is 431 g/mol. The molecule has 0 saturated heterocycles. The monoisotopic (exact) mass is 430 g/mol. The molecule has 0 radical (unpaired) electrons. The third kappa shape index (κ3) is 6.17. The van der Waals surface area contributed by atoms with Gasteiger partial charge >= 0.3 is 5.97 Å². The number of hydrogen-bond donors (Lipinski definition) is 0. The summed E-state index contributed by atoms with van der Waals surface area (Å²) in [4.78, 5) is 18.5. The predicted octanol–water partition coefficient (Wildman–Crippen LogP) is 5.89. The molecule has 29 heavy (non-hydrogen) atoms. The second-order valence-electron chi connectivity index (χ2n) is 6.98. The van der Waals surface area contributed by atoms with E-state index >= 15 is 0 Å². The summed E-state index contributed by atoms with van der Waals surface area (Å²) in [7, 11) is 0. The third-order valence-corrected chi connectivity index (χ3v) is 5.23. The van der Waals surface area contributed by atoms with Crippen LogP contribution in [-0.2, 0) is 22.6 Å². The molecule has 0 aliphatic heterocycles. The van der Waals surface area contributed by atoms with Crippen LogP contribution in [0, 0.1) is 0 Å². The molecule has 3 aromatic rings. The largest absolute Gasteiger partial charge is 0.465 e. The highest BCUT2D eigenvalue weighted by atomic mass is 35.5. The molecular formula is C23H24Cl2N2O2. The van der Waals surface area contributed by atoms with E-state index in [1.807, 2.05) is 36.4 Å². The minimum atomic E-state index is -0.210. The van der Waals surface area contributed by atoms with Crippen LogP contribution in [0.25, 0.3) is 10.8 Å². The molecule has 0 bridgehead atoms. The van der Waals surface area contributed by atoms with E-state index in [4.69, 9.17) is 27.9 Å². The molecule has 0 spiro atoms. The van der Waals surface area contributed by atoms with E-state index in [1.165, 1.54) is 0 Å². The molecule has 0 saturated carbocycles. The topological polar surface area (TPSA) is 42.4 Å². The molecule has 0 N–H and O–H groups in total. The molecule has 0 fully saturated rings. The second-order valence-corrected chi connectivity index (χ2v) is 7.75. The quantitative estimate of drug-likeness (QED) is 0.241. The highest BCUT2D eigenvalue weighted by molar-refractivity contribution is 6.39. The van der Waals surface area contributed by atoms with Gasteiger partial charge in [-0.25, -0.2) is 4.98 Å². The van der Waals surface area contributed by atoms with Crippen LogP contribution in [0.15, 0.2) is 54.7 Å². The maximum atomic E-state index is 12.3. The van der Waals surface area contributed by atoms with Crippen LogP contribution in [0.1, 0.15) is 30.9 Å². The van der Waals surface area contributed by atoms with Crippen LogP contribution < -0.4 is 0 Å². The number of aromatic nitrogens is 1. The van der Waals surface area contributed by atoms with Gasteiger partial charge in [0.05, 0.1) is 18.2 Å². The molecule has 0 unspecified atom stereocenters. The maximum absolute atomic E-state index is 12.3. The van der Waals surface area contributed by atoms with Gasteiger partial charge in [-0.1, -0.05) is 79.0 Å². The Bertz CT molecular complexity index is 964. The second kappa shape index (κ2) is 10.6. The fraction of sp³-hybridized carbons (Fsp3) is 0.304. The molecule has 0 atom stereocenters. The summed E-state index contributed by atoms with van der Waals surface area (Å²) in [6.07, 6.45) is 3.43. The number of carbonyl (C=O) groups excluding carboxylic acids is 1. The Balaban J connectivity index is 1.79. The Labute approximate surface area is 181 Å². The minimum Gasteiger partial charge on any atom is -0.465 e. The van der Waals surface area contributed by atoms with E-state index in [1.54, 1.807) is 6.20 Å². The lowest BCUT2D eigenvalue weighted by atomic mass is 10.1. The van der Waals surface area contributed by atoms with Crippen LogP contribution in [0.2, 0.25) is 10.2 Å². The number of fused-ring (bicyclic) bond motifs is 1. The fourth-order valence-electron chi connectivity index (χ4n) is 3.15. The van der Waals surface area contributed by atoms with E-state index in [0.717, 1.165) is 34.7 Å². The Hall–Kier alpha value is -2.14. The van der Waals surface area contributed by atoms with Gasteiger partial charge in [-0.3, -0.25) is 9.69 Å². The standard InChI is InChI=1S/C23H24Cl2N2O2/c1-2-3-11-29-22(28)16-27(14-17-7-5-4-6-8-17)15-18-9-10-19-20(12-18)23(25)26-13-21(19)24/h4-10,12-13H,2-3,11,14-16H2,1H3. The summed E-state index contributed by atoms with van der Waals surface area (Å²) in [5, 5.41) is 2.65.